The van der Waals surface area contributed by atoms with Crippen LogP contribution in [0.4, 0.5) is 13.6 Å². The molecule has 0 aromatic rings. The zero-order valence-corrected chi connectivity index (χ0v) is 15.4. The summed E-state index contributed by atoms with van der Waals surface area (Å²) in [6.45, 7) is 10.4. The third kappa shape index (κ3) is 6.69. The first-order valence-electron chi connectivity index (χ1n) is 8.53. The van der Waals surface area contributed by atoms with Crippen molar-refractivity contribution in [1.29, 1.82) is 0 Å². The van der Waals surface area contributed by atoms with Crippen LogP contribution in [-0.2, 0) is 0 Å². The maximum absolute atomic E-state index is 13.8. The van der Waals surface area contributed by atoms with E-state index in [2.05, 4.69) is 17.2 Å². The van der Waals surface area contributed by atoms with Gasteiger partial charge < -0.3 is 10.6 Å². The SMILES string of the molecule is C=C/C(=C\[C@@H](C)/C=C(\C)NC(=O)N[C@H]1C=CC=CC1C)C(F)(F)CC. The number of amides is 2. The Bertz CT molecular complexity index is 603. The maximum atomic E-state index is 13.8. The second kappa shape index (κ2) is 9.35. The summed E-state index contributed by atoms with van der Waals surface area (Å²) in [6, 6.07) is -0.379. The molecule has 0 spiro atoms. The highest BCUT2D eigenvalue weighted by Crippen LogP contribution is 2.29. The quantitative estimate of drug-likeness (QED) is 0.615. The van der Waals surface area contributed by atoms with Crippen molar-refractivity contribution in [3.05, 3.63) is 60.4 Å². The molecule has 0 fully saturated rings. The van der Waals surface area contributed by atoms with Gasteiger partial charge in [0, 0.05) is 17.7 Å². The van der Waals surface area contributed by atoms with E-state index in [0.29, 0.717) is 5.70 Å². The van der Waals surface area contributed by atoms with E-state index in [1.54, 1.807) is 19.9 Å². The molecule has 25 heavy (non-hydrogen) atoms. The fraction of sp³-hybridized carbons (Fsp3) is 0.450. The highest BCUT2D eigenvalue weighted by atomic mass is 19.3. The molecule has 138 valence electrons. The van der Waals surface area contributed by atoms with E-state index in [4.69, 9.17) is 0 Å². The van der Waals surface area contributed by atoms with Crippen LogP contribution in [0.1, 0.15) is 34.1 Å². The number of halogens is 2. The molecule has 1 unspecified atom stereocenters. The lowest BCUT2D eigenvalue weighted by Gasteiger charge is -2.22. The summed E-state index contributed by atoms with van der Waals surface area (Å²) in [5.74, 6) is -2.94. The summed E-state index contributed by atoms with van der Waals surface area (Å²) < 4.78 is 27.5. The molecule has 0 bridgehead atoms. The molecule has 0 heterocycles. The Balaban J connectivity index is 2.67. The van der Waals surface area contributed by atoms with Crippen molar-refractivity contribution in [2.75, 3.05) is 0 Å². The van der Waals surface area contributed by atoms with Crippen molar-refractivity contribution in [3.63, 3.8) is 0 Å². The summed E-state index contributed by atoms with van der Waals surface area (Å²) in [5, 5.41) is 5.61. The molecule has 2 amide bonds. The van der Waals surface area contributed by atoms with Gasteiger partial charge in [-0.2, -0.15) is 0 Å². The second-order valence-corrected chi connectivity index (χ2v) is 6.35. The third-order valence-electron chi connectivity index (χ3n) is 4.06. The van der Waals surface area contributed by atoms with E-state index in [-0.39, 0.29) is 35.9 Å². The molecule has 0 aromatic heterocycles. The third-order valence-corrected chi connectivity index (χ3v) is 4.06. The van der Waals surface area contributed by atoms with Crippen LogP contribution in [-0.4, -0.2) is 18.0 Å². The van der Waals surface area contributed by atoms with Gasteiger partial charge in [-0.25, -0.2) is 13.6 Å². The molecule has 0 aliphatic heterocycles. The number of carbonyl (C=O) groups is 1. The molecule has 1 rings (SSSR count). The average Bonchev–Trinajstić information content (AvgIpc) is 2.54. The number of rotatable bonds is 7. The van der Waals surface area contributed by atoms with Gasteiger partial charge in [-0.1, -0.05) is 69.9 Å². The summed E-state index contributed by atoms with van der Waals surface area (Å²) in [7, 11) is 0. The molecular formula is C20H28F2N2O. The van der Waals surface area contributed by atoms with Crippen molar-refractivity contribution in [3.8, 4) is 0 Å². The molecule has 5 heteroatoms. The minimum atomic E-state index is -2.89. The summed E-state index contributed by atoms with van der Waals surface area (Å²) in [6.07, 6.45) is 11.9. The Morgan fingerprint density at radius 1 is 1.32 bits per heavy atom. The minimum absolute atomic E-state index is 0.0641. The van der Waals surface area contributed by atoms with Gasteiger partial charge in [-0.15, -0.1) is 0 Å². The van der Waals surface area contributed by atoms with Gasteiger partial charge in [0.2, 0.25) is 0 Å². The highest BCUT2D eigenvalue weighted by molar-refractivity contribution is 5.76. The van der Waals surface area contributed by atoms with Crippen LogP contribution in [0.15, 0.2) is 60.4 Å². The monoisotopic (exact) mass is 350 g/mol. The number of alkyl halides is 2. The van der Waals surface area contributed by atoms with Gasteiger partial charge in [0.1, 0.15) is 0 Å². The maximum Gasteiger partial charge on any atom is 0.319 e. The number of hydrogen-bond donors (Lipinski definition) is 2. The lowest BCUT2D eigenvalue weighted by Crippen LogP contribution is -2.43. The van der Waals surface area contributed by atoms with Crippen LogP contribution in [0.3, 0.4) is 0 Å². The smallest absolute Gasteiger partial charge is 0.319 e. The molecule has 0 aromatic carbocycles. The van der Waals surface area contributed by atoms with Crippen molar-refractivity contribution in [1.82, 2.24) is 10.6 Å². The molecule has 0 saturated carbocycles. The predicted molar refractivity (Wildman–Crippen MR) is 99.3 cm³/mol. The molecular weight excluding hydrogens is 322 g/mol. The minimum Gasteiger partial charge on any atom is -0.331 e. The number of urea groups is 1. The van der Waals surface area contributed by atoms with Crippen LogP contribution < -0.4 is 10.6 Å². The molecule has 1 aliphatic rings. The standard InChI is InChI=1S/C20H28F2N2O/c1-6-17(20(21,22)7-2)13-14(3)12-16(5)23-19(25)24-18-11-9-8-10-15(18)4/h6,8-15,18H,1,7H2,2-5H3,(H2,23,24,25)/b16-12+,17-13+/t14-,15?,18-/m0/s1. The van der Waals surface area contributed by atoms with E-state index in [1.165, 1.54) is 19.1 Å². The summed E-state index contributed by atoms with van der Waals surface area (Å²) in [5.41, 5.74) is 0.511. The Labute approximate surface area is 149 Å². The Kier molecular flexibility index (Phi) is 7.81. The van der Waals surface area contributed by atoms with Gasteiger partial charge in [-0.3, -0.25) is 0 Å². The molecule has 0 radical (unpaired) electrons. The Morgan fingerprint density at radius 3 is 2.52 bits per heavy atom. The largest absolute Gasteiger partial charge is 0.331 e. The molecule has 1 aliphatic carbocycles. The van der Waals surface area contributed by atoms with Crippen molar-refractivity contribution in [2.24, 2.45) is 11.8 Å². The van der Waals surface area contributed by atoms with E-state index in [0.717, 1.165) is 0 Å². The van der Waals surface area contributed by atoms with Crippen LogP contribution in [0.2, 0.25) is 0 Å². The summed E-state index contributed by atoms with van der Waals surface area (Å²) >= 11 is 0. The highest BCUT2D eigenvalue weighted by Gasteiger charge is 2.29. The van der Waals surface area contributed by atoms with Crippen molar-refractivity contribution < 1.29 is 13.6 Å². The zero-order chi connectivity index (χ0) is 19.0. The van der Waals surface area contributed by atoms with Crippen LogP contribution in [0.5, 0.6) is 0 Å². The molecule has 2 N–H and O–H groups in total. The number of hydrogen-bond acceptors (Lipinski definition) is 1. The van der Waals surface area contributed by atoms with Gasteiger partial charge in [-0.05, 0) is 18.8 Å². The van der Waals surface area contributed by atoms with Crippen molar-refractivity contribution >= 4 is 6.03 Å². The summed E-state index contributed by atoms with van der Waals surface area (Å²) in [4.78, 5) is 12.1. The van der Waals surface area contributed by atoms with Crippen molar-refractivity contribution in [2.45, 2.75) is 46.1 Å². The zero-order valence-electron chi connectivity index (χ0n) is 15.4. The molecule has 3 atom stereocenters. The van der Waals surface area contributed by atoms with Gasteiger partial charge >= 0.3 is 6.03 Å². The number of nitrogens with one attached hydrogen (secondary N) is 2. The number of allylic oxidation sites excluding steroid dienone is 7. The van der Waals surface area contributed by atoms with Crippen LogP contribution in [0.25, 0.3) is 0 Å². The lowest BCUT2D eigenvalue weighted by atomic mass is 9.97. The number of carbonyl (C=O) groups excluding carboxylic acids is 1. The Hall–Kier alpha value is -2.17. The normalized spacial score (nSPS) is 22.5. The van der Waals surface area contributed by atoms with E-state index >= 15 is 0 Å². The van der Waals surface area contributed by atoms with Crippen LogP contribution >= 0.6 is 0 Å². The Morgan fingerprint density at radius 2 is 1.96 bits per heavy atom. The fourth-order valence-electron chi connectivity index (χ4n) is 2.58. The molecule has 3 nitrogen and oxygen atoms in total. The lowest BCUT2D eigenvalue weighted by molar-refractivity contribution is 0.0410. The average molecular weight is 350 g/mol. The second-order valence-electron chi connectivity index (χ2n) is 6.35. The fourth-order valence-corrected chi connectivity index (χ4v) is 2.58. The first-order valence-corrected chi connectivity index (χ1v) is 8.53. The van der Waals surface area contributed by atoms with Crippen LogP contribution in [0, 0.1) is 11.8 Å². The van der Waals surface area contributed by atoms with E-state index in [1.807, 2.05) is 31.2 Å². The van der Waals surface area contributed by atoms with Gasteiger partial charge in [0.25, 0.3) is 5.92 Å². The molecule has 0 saturated heterocycles. The van der Waals surface area contributed by atoms with Gasteiger partial charge in [0.05, 0.1) is 6.04 Å². The van der Waals surface area contributed by atoms with E-state index in [9.17, 15) is 13.6 Å². The van der Waals surface area contributed by atoms with Gasteiger partial charge in [0.15, 0.2) is 0 Å². The first kappa shape index (κ1) is 20.9. The first-order chi connectivity index (χ1) is 11.7. The topological polar surface area (TPSA) is 41.1 Å². The van der Waals surface area contributed by atoms with E-state index < -0.39 is 5.92 Å². The predicted octanol–water partition coefficient (Wildman–Crippen LogP) is 5.11.